The lowest BCUT2D eigenvalue weighted by Crippen LogP contribution is -2.42. The molecule has 1 aliphatic rings. The molecule has 1 aliphatic heterocycles. The Labute approximate surface area is 143 Å². The molecule has 0 saturated heterocycles. The lowest BCUT2D eigenvalue weighted by atomic mass is 9.99. The maximum Gasteiger partial charge on any atom is 0.191 e. The second kappa shape index (κ2) is 9.19. The van der Waals surface area contributed by atoms with Crippen LogP contribution in [0.1, 0.15) is 18.1 Å². The van der Waals surface area contributed by atoms with Crippen LogP contribution in [0.15, 0.2) is 4.99 Å². The molecule has 1 aromatic heterocycles. The van der Waals surface area contributed by atoms with E-state index in [1.54, 1.807) is 14.2 Å². The normalized spacial score (nSPS) is 17.9. The molecular weight excluding hydrogens is 383 g/mol. The summed E-state index contributed by atoms with van der Waals surface area (Å²) in [6.07, 6.45) is 2.14. The summed E-state index contributed by atoms with van der Waals surface area (Å²) in [6.45, 7) is 5.33. The fourth-order valence-electron chi connectivity index (χ4n) is 2.43. The molecule has 0 bridgehead atoms. The van der Waals surface area contributed by atoms with Gasteiger partial charge in [-0.2, -0.15) is 0 Å². The summed E-state index contributed by atoms with van der Waals surface area (Å²) in [5, 5.41) is 14.9. The molecule has 7 nitrogen and oxygen atoms in total. The van der Waals surface area contributed by atoms with E-state index in [2.05, 4.69) is 30.4 Å². The van der Waals surface area contributed by atoms with E-state index < -0.39 is 0 Å². The van der Waals surface area contributed by atoms with Crippen molar-refractivity contribution in [3.63, 3.8) is 0 Å². The van der Waals surface area contributed by atoms with Crippen molar-refractivity contribution in [1.82, 2.24) is 25.4 Å². The lowest BCUT2D eigenvalue weighted by molar-refractivity contribution is 0.203. The van der Waals surface area contributed by atoms with E-state index in [0.717, 1.165) is 50.1 Å². The Morgan fingerprint density at radius 2 is 2.24 bits per heavy atom. The van der Waals surface area contributed by atoms with Crippen LogP contribution in [0.5, 0.6) is 0 Å². The number of guanidine groups is 1. The highest BCUT2D eigenvalue weighted by molar-refractivity contribution is 14.0. The van der Waals surface area contributed by atoms with E-state index >= 15 is 0 Å². The molecule has 2 rings (SSSR count). The third kappa shape index (κ3) is 5.10. The number of rotatable bonds is 5. The van der Waals surface area contributed by atoms with Gasteiger partial charge in [0.25, 0.3) is 0 Å². The molecule has 2 N–H and O–H groups in total. The molecule has 0 fully saturated rings. The number of nitrogens with zero attached hydrogens (tertiary/aromatic N) is 4. The fourth-order valence-corrected chi connectivity index (χ4v) is 2.43. The number of ether oxygens (including phenoxy) is 1. The summed E-state index contributed by atoms with van der Waals surface area (Å²) in [5.41, 5.74) is 0. The summed E-state index contributed by atoms with van der Waals surface area (Å²) in [4.78, 5) is 4.20. The highest BCUT2D eigenvalue weighted by Gasteiger charge is 2.21. The third-order valence-corrected chi connectivity index (χ3v) is 3.61. The van der Waals surface area contributed by atoms with Gasteiger partial charge in [0.05, 0.1) is 6.61 Å². The average molecular weight is 408 g/mol. The fraction of sp³-hybridized carbons (Fsp3) is 0.769. The molecule has 8 heteroatoms. The van der Waals surface area contributed by atoms with Crippen molar-refractivity contribution < 1.29 is 4.74 Å². The quantitative estimate of drug-likeness (QED) is 0.323. The van der Waals surface area contributed by atoms with E-state index in [1.165, 1.54) is 0 Å². The first-order valence-electron chi connectivity index (χ1n) is 7.06. The molecule has 0 aromatic carbocycles. The number of hydrogen-bond donors (Lipinski definition) is 2. The van der Waals surface area contributed by atoms with Gasteiger partial charge in [0.15, 0.2) is 5.96 Å². The molecule has 1 atom stereocenters. The van der Waals surface area contributed by atoms with E-state index in [-0.39, 0.29) is 24.0 Å². The minimum absolute atomic E-state index is 0. The zero-order valence-electron chi connectivity index (χ0n) is 12.9. The smallest absolute Gasteiger partial charge is 0.191 e. The van der Waals surface area contributed by atoms with Gasteiger partial charge in [-0.15, -0.1) is 34.2 Å². The Morgan fingerprint density at radius 3 is 2.95 bits per heavy atom. The minimum atomic E-state index is 0. The Hall–Kier alpha value is -0.900. The second-order valence-corrected chi connectivity index (χ2v) is 5.05. The number of hydrogen-bond acceptors (Lipinski definition) is 4. The van der Waals surface area contributed by atoms with Crippen molar-refractivity contribution in [3.8, 4) is 0 Å². The maximum absolute atomic E-state index is 5.01. The Bertz CT molecular complexity index is 462. The van der Waals surface area contributed by atoms with Crippen molar-refractivity contribution in [2.24, 2.45) is 10.9 Å². The Morgan fingerprint density at radius 1 is 1.43 bits per heavy atom. The van der Waals surface area contributed by atoms with Gasteiger partial charge in [-0.05, 0) is 19.3 Å². The summed E-state index contributed by atoms with van der Waals surface area (Å²) in [5.74, 6) is 3.53. The summed E-state index contributed by atoms with van der Waals surface area (Å²) >= 11 is 0. The lowest BCUT2D eigenvalue weighted by Gasteiger charge is -2.25. The van der Waals surface area contributed by atoms with E-state index in [0.29, 0.717) is 12.5 Å². The van der Waals surface area contributed by atoms with Crippen molar-refractivity contribution in [2.75, 3.05) is 33.9 Å². The highest BCUT2D eigenvalue weighted by atomic mass is 127. The van der Waals surface area contributed by atoms with Crippen LogP contribution in [0, 0.1) is 12.8 Å². The third-order valence-electron chi connectivity index (χ3n) is 3.61. The molecule has 120 valence electrons. The molecule has 1 aromatic rings. The van der Waals surface area contributed by atoms with Gasteiger partial charge < -0.3 is 19.9 Å². The van der Waals surface area contributed by atoms with E-state index in [4.69, 9.17) is 4.74 Å². The second-order valence-electron chi connectivity index (χ2n) is 5.05. The van der Waals surface area contributed by atoms with Crippen LogP contribution < -0.4 is 10.6 Å². The number of halogens is 1. The SMILES string of the molecule is CN=C(NCCOC)NCC1CCc2nnc(C)n2C1.I. The van der Waals surface area contributed by atoms with Gasteiger partial charge in [0.2, 0.25) is 0 Å². The molecule has 0 saturated carbocycles. The monoisotopic (exact) mass is 408 g/mol. The van der Waals surface area contributed by atoms with Crippen LogP contribution in [0.4, 0.5) is 0 Å². The van der Waals surface area contributed by atoms with Gasteiger partial charge in [-0.1, -0.05) is 0 Å². The van der Waals surface area contributed by atoms with E-state index in [1.807, 2.05) is 6.92 Å². The predicted octanol–water partition coefficient (Wildman–Crippen LogP) is 0.578. The summed E-state index contributed by atoms with van der Waals surface area (Å²) in [6, 6.07) is 0. The van der Waals surface area contributed by atoms with Crippen molar-refractivity contribution in [3.05, 3.63) is 11.6 Å². The number of aliphatic imine (C=N–C) groups is 1. The minimum Gasteiger partial charge on any atom is -0.383 e. The first kappa shape index (κ1) is 18.1. The van der Waals surface area contributed by atoms with Crippen molar-refractivity contribution in [1.29, 1.82) is 0 Å². The molecule has 0 spiro atoms. The zero-order valence-corrected chi connectivity index (χ0v) is 15.3. The highest BCUT2D eigenvalue weighted by Crippen LogP contribution is 2.18. The van der Waals surface area contributed by atoms with Gasteiger partial charge in [-0.3, -0.25) is 4.99 Å². The maximum atomic E-state index is 5.01. The molecule has 2 heterocycles. The molecule has 1 unspecified atom stereocenters. The first-order valence-corrected chi connectivity index (χ1v) is 7.06. The van der Waals surface area contributed by atoms with Crippen molar-refractivity contribution >= 4 is 29.9 Å². The number of aryl methyl sites for hydroxylation is 2. The number of fused-ring (bicyclic) bond motifs is 1. The summed E-state index contributed by atoms with van der Waals surface area (Å²) < 4.78 is 7.23. The van der Waals surface area contributed by atoms with Crippen molar-refractivity contribution in [2.45, 2.75) is 26.3 Å². The van der Waals surface area contributed by atoms with Crippen LogP contribution in [0.25, 0.3) is 0 Å². The number of nitrogens with one attached hydrogen (secondary N) is 2. The van der Waals surface area contributed by atoms with Crippen LogP contribution in [0.2, 0.25) is 0 Å². The standard InChI is InChI=1S/C13H24N6O.HI/c1-10-17-18-12-5-4-11(9-19(10)12)8-16-13(14-2)15-6-7-20-3;/h11H,4-9H2,1-3H3,(H2,14,15,16);1H. The van der Waals surface area contributed by atoms with Gasteiger partial charge in [0, 0.05) is 40.2 Å². The van der Waals surface area contributed by atoms with Crippen LogP contribution >= 0.6 is 24.0 Å². The Kier molecular flexibility index (Phi) is 7.94. The molecule has 21 heavy (non-hydrogen) atoms. The largest absolute Gasteiger partial charge is 0.383 e. The predicted molar refractivity (Wildman–Crippen MR) is 93.2 cm³/mol. The average Bonchev–Trinajstić information content (AvgIpc) is 2.84. The zero-order chi connectivity index (χ0) is 14.4. The van der Waals surface area contributed by atoms with Crippen LogP contribution in [-0.2, 0) is 17.7 Å². The molecule has 0 radical (unpaired) electrons. The Balaban J connectivity index is 0.00000220. The molecular formula is C13H25IN6O. The topological polar surface area (TPSA) is 76.4 Å². The molecule has 0 amide bonds. The van der Waals surface area contributed by atoms with Crippen LogP contribution in [0.3, 0.4) is 0 Å². The van der Waals surface area contributed by atoms with Gasteiger partial charge in [0.1, 0.15) is 11.6 Å². The molecule has 0 aliphatic carbocycles. The first-order chi connectivity index (χ1) is 9.74. The summed E-state index contributed by atoms with van der Waals surface area (Å²) in [7, 11) is 3.48. The van der Waals surface area contributed by atoms with Gasteiger partial charge >= 0.3 is 0 Å². The number of aromatic nitrogens is 3. The van der Waals surface area contributed by atoms with E-state index in [9.17, 15) is 0 Å². The number of methoxy groups -OCH3 is 1. The van der Waals surface area contributed by atoms with Gasteiger partial charge in [-0.25, -0.2) is 0 Å². The van der Waals surface area contributed by atoms with Crippen LogP contribution in [-0.4, -0.2) is 54.6 Å².